The molecular formula is C31H42IN4O8-. The first-order chi connectivity index (χ1) is 20.2. The Bertz CT molecular complexity index is 1440. The number of imide groups is 1. The number of carbonyl (C=O) groups excluding carboxylic acids is 3. The average Bonchev–Trinajstić information content (AvgIpc) is 3.29. The number of carbonyl (C=O) groups is 3. The summed E-state index contributed by atoms with van der Waals surface area (Å²) in [6, 6.07) is 6.55. The van der Waals surface area contributed by atoms with E-state index in [-0.39, 0.29) is 18.7 Å². The van der Waals surface area contributed by atoms with Crippen molar-refractivity contribution in [2.75, 3.05) is 6.54 Å². The van der Waals surface area contributed by atoms with Gasteiger partial charge in [-0.05, 0) is 114 Å². The molecule has 12 nitrogen and oxygen atoms in total. The summed E-state index contributed by atoms with van der Waals surface area (Å²) in [6.45, 7) is 15.6. The number of rotatable bonds is 7. The van der Waals surface area contributed by atoms with Crippen LogP contribution in [0.15, 0.2) is 47.7 Å². The summed E-state index contributed by atoms with van der Waals surface area (Å²) in [5, 5.41) is 22.1. The van der Waals surface area contributed by atoms with Crippen LogP contribution >= 0.6 is 20.7 Å². The monoisotopic (exact) mass is 725 g/mol. The molecule has 1 aliphatic rings. The van der Waals surface area contributed by atoms with Crippen LogP contribution in [-0.2, 0) is 19.0 Å². The van der Waals surface area contributed by atoms with Crippen LogP contribution in [0.25, 0.3) is 10.9 Å². The third kappa shape index (κ3) is 10.2. The molecule has 0 saturated carbocycles. The molecule has 0 aliphatic carbocycles. The number of benzene rings is 1. The molecule has 3 rings (SSSR count). The second-order valence-corrected chi connectivity index (χ2v) is 16.0. The summed E-state index contributed by atoms with van der Waals surface area (Å²) >= 11 is -0.963. The molecule has 0 bridgehead atoms. The minimum Gasteiger partial charge on any atom is -0.628 e. The zero-order chi connectivity index (χ0) is 33.0. The van der Waals surface area contributed by atoms with E-state index in [4.69, 9.17) is 14.2 Å². The van der Waals surface area contributed by atoms with E-state index in [0.717, 1.165) is 23.2 Å². The molecule has 1 N–H and O–H groups in total. The highest BCUT2D eigenvalue weighted by atomic mass is 127. The van der Waals surface area contributed by atoms with Crippen LogP contribution in [0.2, 0.25) is 0 Å². The zero-order valence-electron chi connectivity index (χ0n) is 26.7. The number of allylic oxidation sites excluding steroid dienone is 1. The third-order valence-electron chi connectivity index (χ3n) is 5.86. The van der Waals surface area contributed by atoms with Crippen molar-refractivity contribution in [3.63, 3.8) is 0 Å². The lowest BCUT2D eigenvalue weighted by Gasteiger charge is -2.29. The first-order valence-corrected chi connectivity index (χ1v) is 16.4. The number of halogens is 1. The predicted molar refractivity (Wildman–Crippen MR) is 178 cm³/mol. The highest BCUT2D eigenvalue weighted by Gasteiger charge is 2.33. The third-order valence-corrected chi connectivity index (χ3v) is 8.87. The van der Waals surface area contributed by atoms with E-state index in [2.05, 4.69) is 4.99 Å². The van der Waals surface area contributed by atoms with E-state index in [1.165, 1.54) is 6.07 Å². The number of amides is 2. The Morgan fingerprint density at radius 1 is 0.932 bits per heavy atom. The van der Waals surface area contributed by atoms with Gasteiger partial charge in [-0.2, -0.15) is 0 Å². The molecule has 13 heteroatoms. The lowest BCUT2D eigenvalue weighted by atomic mass is 9.98. The second-order valence-electron chi connectivity index (χ2n) is 13.3. The molecule has 2 amide bonds. The van der Waals surface area contributed by atoms with Gasteiger partial charge >= 0.3 is 18.2 Å². The molecule has 0 radical (unpaired) electrons. The summed E-state index contributed by atoms with van der Waals surface area (Å²) in [5.41, 5.74) is -1.51. The van der Waals surface area contributed by atoms with Gasteiger partial charge in [0.15, 0.2) is 3.84 Å². The normalized spacial score (nSPS) is 14.8. The van der Waals surface area contributed by atoms with E-state index < -0.39 is 66.8 Å². The Labute approximate surface area is 267 Å². The number of nitrogens with one attached hydrogen (secondary N) is 1. The van der Waals surface area contributed by atoms with Crippen molar-refractivity contribution in [3.05, 3.63) is 53.2 Å². The molecular weight excluding hydrogens is 683 g/mol. The first-order valence-electron chi connectivity index (χ1n) is 14.3. The Hall–Kier alpha value is -3.14. The smallest absolute Gasteiger partial charge is 0.419 e. The van der Waals surface area contributed by atoms with E-state index in [1.807, 2.05) is 16.8 Å². The van der Waals surface area contributed by atoms with Gasteiger partial charge < -0.3 is 29.9 Å². The molecule has 44 heavy (non-hydrogen) atoms. The highest BCUT2D eigenvalue weighted by Crippen LogP contribution is 2.28. The van der Waals surface area contributed by atoms with Gasteiger partial charge in [0.2, 0.25) is 0 Å². The van der Waals surface area contributed by atoms with E-state index >= 15 is 0 Å². The van der Waals surface area contributed by atoms with E-state index in [1.54, 1.807) is 86.7 Å². The summed E-state index contributed by atoms with van der Waals surface area (Å²) < 4.78 is 20.2. The van der Waals surface area contributed by atoms with Gasteiger partial charge in [-0.15, -0.1) is 0 Å². The van der Waals surface area contributed by atoms with Crippen LogP contribution in [0.4, 0.5) is 15.3 Å². The van der Waals surface area contributed by atoms with Crippen molar-refractivity contribution in [1.82, 2.24) is 9.47 Å². The highest BCUT2D eigenvalue weighted by molar-refractivity contribution is 14.2. The second kappa shape index (κ2) is 13.9. The lowest BCUT2D eigenvalue weighted by molar-refractivity contribution is -0.715. The maximum atomic E-state index is 13.5. The van der Waals surface area contributed by atoms with Crippen molar-refractivity contribution in [3.8, 4) is 0 Å². The van der Waals surface area contributed by atoms with Gasteiger partial charge in [0.1, 0.15) is 22.5 Å². The lowest BCUT2D eigenvalue weighted by Crippen LogP contribution is -2.96. The van der Waals surface area contributed by atoms with E-state index in [0.29, 0.717) is 6.42 Å². The summed E-state index contributed by atoms with van der Waals surface area (Å²) in [6.07, 6.45) is 4.22. The van der Waals surface area contributed by atoms with Gasteiger partial charge in [-0.25, -0.2) is 19.5 Å². The molecule has 242 valence electrons. The van der Waals surface area contributed by atoms with E-state index in [9.17, 15) is 24.8 Å². The molecule has 0 saturated heterocycles. The van der Waals surface area contributed by atoms with Gasteiger partial charge in [0.05, 0.1) is 11.4 Å². The standard InChI is InChI=1S/C31H42IN4O8/c1-29(2,3)42-25(37)22(11-10-17-35(27(38)43-30(4,5)6)28(39)44-31(7,8)9)23-14-16-33-26(32-23)34-18-15-20-19-21(36(40)41)12-13-24(20)34/h12-16,18-19,22,36H,10-11,17H2,1-9H3/q-1. The van der Waals surface area contributed by atoms with Crippen LogP contribution in [0.5, 0.6) is 0 Å². The molecule has 0 spiro atoms. The summed E-state index contributed by atoms with van der Waals surface area (Å²) in [4.78, 5) is 45.0. The summed E-state index contributed by atoms with van der Waals surface area (Å²) in [5.74, 6) is -1.05. The first kappa shape index (κ1) is 35.3. The Kier molecular flexibility index (Phi) is 11.1. The SMILES string of the molecule is CC(C)(C)OC(=O)C(CCCN(C(=O)OC(C)(C)C)C(=O)OC(C)(C)C)C1=IC(n2ccc3cc([NH+]([O-])[O-])ccc32)=NC=C1. The van der Waals surface area contributed by atoms with Crippen molar-refractivity contribution < 1.29 is 33.8 Å². The number of aromatic nitrogens is 1. The van der Waals surface area contributed by atoms with Crippen molar-refractivity contribution in [2.24, 2.45) is 10.9 Å². The van der Waals surface area contributed by atoms with Gasteiger partial charge in [0.25, 0.3) is 0 Å². The van der Waals surface area contributed by atoms with Gasteiger partial charge in [0, 0.05) is 40.0 Å². The number of nitrogens with zero attached hydrogens (tertiary/aromatic N) is 3. The van der Waals surface area contributed by atoms with Crippen LogP contribution in [0.1, 0.15) is 75.2 Å². The number of quaternary nitrogens is 1. The number of hydrogen-bond acceptors (Lipinski definition) is 9. The van der Waals surface area contributed by atoms with Gasteiger partial charge in [-0.3, -0.25) is 9.36 Å². The average molecular weight is 726 g/mol. The number of esters is 1. The van der Waals surface area contributed by atoms with Gasteiger partial charge in [-0.1, -0.05) is 0 Å². The number of hydrogen-bond donors (Lipinski definition) is 1. The molecule has 1 aromatic heterocycles. The minimum atomic E-state index is -1.25. The zero-order valence-corrected chi connectivity index (χ0v) is 28.9. The quantitative estimate of drug-likeness (QED) is 0.160. The molecule has 0 fully saturated rings. The van der Waals surface area contributed by atoms with Crippen molar-refractivity contribution in [2.45, 2.75) is 92.0 Å². The fraction of sp³-hybridized carbons (Fsp3) is 0.516. The Balaban J connectivity index is 1.89. The molecule has 1 atom stereocenters. The number of ether oxygens (including phenoxy) is 3. The van der Waals surface area contributed by atoms with Crippen LogP contribution in [-0.4, -0.2) is 58.3 Å². The predicted octanol–water partition coefficient (Wildman–Crippen LogP) is 5.94. The number of aliphatic imine (C=N–C) groups is 1. The van der Waals surface area contributed by atoms with Crippen molar-refractivity contribution in [1.29, 1.82) is 0 Å². The molecule has 2 heterocycles. The topological polar surface area (TPSA) is 150 Å². The molecule has 1 aromatic carbocycles. The van der Waals surface area contributed by atoms with Crippen LogP contribution in [0, 0.1) is 16.3 Å². The van der Waals surface area contributed by atoms with Crippen molar-refractivity contribution >= 4 is 62.8 Å². The fourth-order valence-electron chi connectivity index (χ4n) is 4.13. The maximum absolute atomic E-state index is 13.5. The van der Waals surface area contributed by atoms with Crippen LogP contribution in [0.3, 0.4) is 0 Å². The Morgan fingerprint density at radius 2 is 1.52 bits per heavy atom. The molecule has 1 aliphatic heterocycles. The maximum Gasteiger partial charge on any atom is 0.419 e. The van der Waals surface area contributed by atoms with Crippen LogP contribution < -0.4 is 5.23 Å². The Morgan fingerprint density at radius 3 is 2.07 bits per heavy atom. The minimum absolute atomic E-state index is 0.0254. The number of fused-ring (bicyclic) bond motifs is 1. The summed E-state index contributed by atoms with van der Waals surface area (Å²) in [7, 11) is 0. The molecule has 2 aromatic rings. The molecule has 1 unspecified atom stereocenters. The fourth-order valence-corrected chi connectivity index (χ4v) is 6.95. The largest absolute Gasteiger partial charge is 0.628 e.